The van der Waals surface area contributed by atoms with E-state index in [0.717, 1.165) is 37.8 Å². The van der Waals surface area contributed by atoms with Crippen LogP contribution < -0.4 is 0 Å². The zero-order valence-electron chi connectivity index (χ0n) is 9.70. The molecule has 2 aliphatic carbocycles. The highest BCUT2D eigenvalue weighted by Crippen LogP contribution is 2.49. The molecule has 3 nitrogen and oxygen atoms in total. The SMILES string of the molecule is CC1CC1CN(C)CC1(CC(=O)O)CC1. The molecule has 1 N–H and O–H groups in total. The molecule has 0 aliphatic heterocycles. The summed E-state index contributed by atoms with van der Waals surface area (Å²) in [6.45, 7) is 4.42. The van der Waals surface area contributed by atoms with Gasteiger partial charge in [-0.05, 0) is 43.6 Å². The standard InChI is InChI=1S/C12H21NO2/c1-9-5-10(9)7-13(2)8-12(3-4-12)6-11(14)15/h9-10H,3-8H2,1-2H3,(H,14,15). The lowest BCUT2D eigenvalue weighted by molar-refractivity contribution is -0.138. The minimum absolute atomic E-state index is 0.124. The van der Waals surface area contributed by atoms with Gasteiger partial charge in [0.1, 0.15) is 0 Å². The van der Waals surface area contributed by atoms with Crippen LogP contribution in [0.2, 0.25) is 0 Å². The normalized spacial score (nSPS) is 31.7. The number of hydrogen-bond donors (Lipinski definition) is 1. The molecule has 0 aromatic carbocycles. The minimum atomic E-state index is -0.638. The van der Waals surface area contributed by atoms with Crippen LogP contribution in [0.15, 0.2) is 0 Å². The van der Waals surface area contributed by atoms with Gasteiger partial charge in [0.2, 0.25) is 0 Å². The Morgan fingerprint density at radius 2 is 2.13 bits per heavy atom. The number of carboxylic acids is 1. The lowest BCUT2D eigenvalue weighted by Crippen LogP contribution is -2.30. The number of aliphatic carboxylic acids is 1. The first-order valence-electron chi connectivity index (χ1n) is 5.91. The summed E-state index contributed by atoms with van der Waals surface area (Å²) >= 11 is 0. The fourth-order valence-electron chi connectivity index (χ4n) is 2.58. The fourth-order valence-corrected chi connectivity index (χ4v) is 2.58. The van der Waals surface area contributed by atoms with Gasteiger partial charge in [-0.25, -0.2) is 0 Å². The molecule has 2 fully saturated rings. The molecular formula is C12H21NO2. The van der Waals surface area contributed by atoms with E-state index < -0.39 is 5.97 Å². The Kier molecular flexibility index (Phi) is 2.75. The van der Waals surface area contributed by atoms with E-state index in [1.165, 1.54) is 6.42 Å². The van der Waals surface area contributed by atoms with Crippen LogP contribution in [0.1, 0.15) is 32.6 Å². The molecule has 3 heteroatoms. The van der Waals surface area contributed by atoms with E-state index in [-0.39, 0.29) is 5.41 Å². The fraction of sp³-hybridized carbons (Fsp3) is 0.917. The van der Waals surface area contributed by atoms with Gasteiger partial charge in [-0.3, -0.25) is 4.79 Å². The van der Waals surface area contributed by atoms with Crippen LogP contribution in [-0.2, 0) is 4.79 Å². The Bertz CT molecular complexity index is 260. The second-order valence-corrected chi connectivity index (χ2v) is 5.74. The Morgan fingerprint density at radius 1 is 1.53 bits per heavy atom. The highest BCUT2D eigenvalue weighted by molar-refractivity contribution is 5.68. The summed E-state index contributed by atoms with van der Waals surface area (Å²) in [6, 6.07) is 0. The van der Waals surface area contributed by atoms with Crippen molar-refractivity contribution >= 4 is 5.97 Å². The van der Waals surface area contributed by atoms with Gasteiger partial charge in [-0.2, -0.15) is 0 Å². The summed E-state index contributed by atoms with van der Waals surface area (Å²) in [5.41, 5.74) is 0.124. The summed E-state index contributed by atoms with van der Waals surface area (Å²) in [5.74, 6) is 1.12. The van der Waals surface area contributed by atoms with Gasteiger partial charge in [0.05, 0.1) is 6.42 Å². The van der Waals surface area contributed by atoms with Crippen LogP contribution in [0.5, 0.6) is 0 Å². The Labute approximate surface area is 91.5 Å². The zero-order valence-corrected chi connectivity index (χ0v) is 9.70. The van der Waals surface area contributed by atoms with Gasteiger partial charge in [-0.15, -0.1) is 0 Å². The molecule has 15 heavy (non-hydrogen) atoms. The van der Waals surface area contributed by atoms with Crippen LogP contribution in [-0.4, -0.2) is 36.1 Å². The van der Waals surface area contributed by atoms with Gasteiger partial charge in [-0.1, -0.05) is 6.92 Å². The Hall–Kier alpha value is -0.570. The van der Waals surface area contributed by atoms with Crippen molar-refractivity contribution < 1.29 is 9.90 Å². The zero-order chi connectivity index (χ0) is 11.1. The van der Waals surface area contributed by atoms with Crippen molar-refractivity contribution in [3.8, 4) is 0 Å². The highest BCUT2D eigenvalue weighted by Gasteiger charge is 2.45. The van der Waals surface area contributed by atoms with Gasteiger partial charge in [0.25, 0.3) is 0 Å². The summed E-state index contributed by atoms with van der Waals surface area (Å²) in [6.07, 6.45) is 3.92. The molecule has 0 heterocycles. The van der Waals surface area contributed by atoms with Crippen molar-refractivity contribution in [2.75, 3.05) is 20.1 Å². The first-order chi connectivity index (χ1) is 7.01. The van der Waals surface area contributed by atoms with Crippen molar-refractivity contribution in [2.24, 2.45) is 17.3 Å². The summed E-state index contributed by atoms with van der Waals surface area (Å²) < 4.78 is 0. The van der Waals surface area contributed by atoms with Crippen molar-refractivity contribution in [3.05, 3.63) is 0 Å². The molecule has 2 saturated carbocycles. The topological polar surface area (TPSA) is 40.5 Å². The van der Waals surface area contributed by atoms with E-state index in [2.05, 4.69) is 18.9 Å². The molecular weight excluding hydrogens is 190 g/mol. The maximum absolute atomic E-state index is 10.7. The van der Waals surface area contributed by atoms with Crippen LogP contribution in [0.3, 0.4) is 0 Å². The van der Waals surface area contributed by atoms with E-state index in [9.17, 15) is 4.79 Å². The van der Waals surface area contributed by atoms with Gasteiger partial charge < -0.3 is 10.0 Å². The van der Waals surface area contributed by atoms with Crippen LogP contribution in [0.4, 0.5) is 0 Å². The largest absolute Gasteiger partial charge is 0.481 e. The third kappa shape index (κ3) is 2.94. The maximum atomic E-state index is 10.7. The first-order valence-corrected chi connectivity index (χ1v) is 5.91. The van der Waals surface area contributed by atoms with Crippen molar-refractivity contribution in [1.82, 2.24) is 4.90 Å². The Balaban J connectivity index is 1.73. The summed E-state index contributed by atoms with van der Waals surface area (Å²) in [5, 5.41) is 8.82. The van der Waals surface area contributed by atoms with Crippen LogP contribution in [0.25, 0.3) is 0 Å². The first kappa shape index (κ1) is 10.9. The molecule has 0 radical (unpaired) electrons. The number of hydrogen-bond acceptors (Lipinski definition) is 2. The molecule has 0 saturated heterocycles. The maximum Gasteiger partial charge on any atom is 0.303 e. The summed E-state index contributed by atoms with van der Waals surface area (Å²) in [7, 11) is 2.13. The van der Waals surface area contributed by atoms with Gasteiger partial charge in [0.15, 0.2) is 0 Å². The molecule has 2 aliphatic rings. The highest BCUT2D eigenvalue weighted by atomic mass is 16.4. The molecule has 86 valence electrons. The number of rotatable bonds is 6. The molecule has 2 atom stereocenters. The van der Waals surface area contributed by atoms with Crippen molar-refractivity contribution in [1.29, 1.82) is 0 Å². The Morgan fingerprint density at radius 3 is 2.53 bits per heavy atom. The van der Waals surface area contributed by atoms with Crippen LogP contribution >= 0.6 is 0 Å². The second-order valence-electron chi connectivity index (χ2n) is 5.74. The molecule has 2 unspecified atom stereocenters. The molecule has 0 spiro atoms. The van der Waals surface area contributed by atoms with Crippen molar-refractivity contribution in [3.63, 3.8) is 0 Å². The average Bonchev–Trinajstić information content (AvgIpc) is 2.94. The number of nitrogens with zero attached hydrogens (tertiary/aromatic N) is 1. The molecule has 2 rings (SSSR count). The number of carbonyl (C=O) groups is 1. The minimum Gasteiger partial charge on any atom is -0.481 e. The van der Waals surface area contributed by atoms with E-state index >= 15 is 0 Å². The predicted octanol–water partition coefficient (Wildman–Crippen LogP) is 1.83. The third-order valence-electron chi connectivity index (χ3n) is 3.91. The lowest BCUT2D eigenvalue weighted by Gasteiger charge is -2.22. The molecule has 0 bridgehead atoms. The second kappa shape index (κ2) is 3.78. The average molecular weight is 211 g/mol. The molecule has 0 amide bonds. The lowest BCUT2D eigenvalue weighted by atomic mass is 10.0. The van der Waals surface area contributed by atoms with Crippen molar-refractivity contribution in [2.45, 2.75) is 32.6 Å². The quantitative estimate of drug-likeness (QED) is 0.728. The van der Waals surface area contributed by atoms with E-state index in [4.69, 9.17) is 5.11 Å². The van der Waals surface area contributed by atoms with Crippen LogP contribution in [0, 0.1) is 17.3 Å². The van der Waals surface area contributed by atoms with Gasteiger partial charge in [0, 0.05) is 13.1 Å². The van der Waals surface area contributed by atoms with E-state index in [1.54, 1.807) is 0 Å². The monoisotopic (exact) mass is 211 g/mol. The smallest absolute Gasteiger partial charge is 0.303 e. The van der Waals surface area contributed by atoms with Gasteiger partial charge >= 0.3 is 5.97 Å². The molecule has 0 aromatic heterocycles. The van der Waals surface area contributed by atoms with E-state index in [0.29, 0.717) is 6.42 Å². The third-order valence-corrected chi connectivity index (χ3v) is 3.91. The van der Waals surface area contributed by atoms with E-state index in [1.807, 2.05) is 0 Å². The summed E-state index contributed by atoms with van der Waals surface area (Å²) in [4.78, 5) is 13.0. The predicted molar refractivity (Wildman–Crippen MR) is 58.7 cm³/mol. The molecule has 0 aromatic rings. The number of carboxylic acid groups (broad SMARTS) is 1.